The van der Waals surface area contributed by atoms with Gasteiger partial charge in [0, 0.05) is 0 Å². The fourth-order valence-electron chi connectivity index (χ4n) is 4.01. The summed E-state index contributed by atoms with van der Waals surface area (Å²) < 4.78 is 22.8. The van der Waals surface area contributed by atoms with Gasteiger partial charge in [-0.3, -0.25) is 0 Å². The molecule has 5 heteroatoms. The van der Waals surface area contributed by atoms with Crippen LogP contribution in [0, 0.1) is 0 Å². The minimum absolute atomic E-state index is 0.140. The van der Waals surface area contributed by atoms with E-state index >= 15 is 0 Å². The number of hydrogen-bond donors (Lipinski definition) is 0. The summed E-state index contributed by atoms with van der Waals surface area (Å²) in [4.78, 5) is 0. The molecule has 1 saturated heterocycles. The average molecular weight is 399 g/mol. The van der Waals surface area contributed by atoms with Crippen LogP contribution in [0.15, 0.2) is 66.7 Å². The SMILES string of the molecule is CN(C)P12(OC(c3ccccc3)=CC1c1ccccc1)OC(C)(C)C(C)(C)O2. The Bertz CT molecular complexity index is 890. The first-order valence-electron chi connectivity index (χ1n) is 9.74. The topological polar surface area (TPSA) is 30.9 Å². The molecule has 0 amide bonds. The molecule has 4 nitrogen and oxygen atoms in total. The molecular weight excluding hydrogens is 369 g/mol. The molecule has 2 aromatic carbocycles. The van der Waals surface area contributed by atoms with Gasteiger partial charge in [-0.1, -0.05) is 0 Å². The molecule has 28 heavy (non-hydrogen) atoms. The van der Waals surface area contributed by atoms with E-state index in [-0.39, 0.29) is 5.66 Å². The van der Waals surface area contributed by atoms with Gasteiger partial charge in [-0.15, -0.1) is 0 Å². The third kappa shape index (κ3) is 2.59. The van der Waals surface area contributed by atoms with Crippen molar-refractivity contribution in [3.05, 3.63) is 77.9 Å². The van der Waals surface area contributed by atoms with Crippen molar-refractivity contribution in [3.8, 4) is 0 Å². The number of nitrogens with zero attached hydrogens (tertiary/aromatic N) is 1. The molecule has 150 valence electrons. The summed E-state index contributed by atoms with van der Waals surface area (Å²) in [5.41, 5.74) is 0.998. The molecule has 0 saturated carbocycles. The normalized spacial score (nSPS) is 27.8. The zero-order chi connectivity index (χ0) is 20.2. The number of allylic oxidation sites excluding steroid dienone is 1. The third-order valence-corrected chi connectivity index (χ3v) is 11.1. The second kappa shape index (κ2) is 6.14. The summed E-state index contributed by atoms with van der Waals surface area (Å²) in [6, 6.07) is 20.6. The monoisotopic (exact) mass is 399 g/mol. The van der Waals surface area contributed by atoms with Crippen LogP contribution < -0.4 is 0 Å². The molecule has 0 bridgehead atoms. The first-order chi connectivity index (χ1) is 13.1. The molecule has 2 heterocycles. The van der Waals surface area contributed by atoms with E-state index in [1.165, 1.54) is 0 Å². The minimum atomic E-state index is -3.75. The van der Waals surface area contributed by atoms with Crippen molar-refractivity contribution in [1.82, 2.24) is 4.67 Å². The predicted octanol–water partition coefficient (Wildman–Crippen LogP) is 6.18. The van der Waals surface area contributed by atoms with Gasteiger partial charge in [0.1, 0.15) is 0 Å². The van der Waals surface area contributed by atoms with E-state index in [0.29, 0.717) is 0 Å². The molecule has 4 rings (SSSR count). The van der Waals surface area contributed by atoms with Gasteiger partial charge in [-0.25, -0.2) is 0 Å². The van der Waals surface area contributed by atoms with Crippen LogP contribution in [0.2, 0.25) is 0 Å². The van der Waals surface area contributed by atoms with Crippen molar-refractivity contribution >= 4 is 13.2 Å². The summed E-state index contributed by atoms with van der Waals surface area (Å²) >= 11 is 0. The van der Waals surface area contributed by atoms with E-state index in [1.54, 1.807) is 0 Å². The molecular formula is C23H30NO3P. The van der Waals surface area contributed by atoms with E-state index in [2.05, 4.69) is 74.8 Å². The van der Waals surface area contributed by atoms with E-state index in [9.17, 15) is 0 Å². The van der Waals surface area contributed by atoms with E-state index in [0.717, 1.165) is 16.9 Å². The second-order valence-corrected chi connectivity index (χ2v) is 12.5. The molecule has 1 unspecified atom stereocenters. The van der Waals surface area contributed by atoms with Gasteiger partial charge in [0.25, 0.3) is 0 Å². The average Bonchev–Trinajstić information content (AvgIpc) is 3.06. The van der Waals surface area contributed by atoms with Crippen LogP contribution in [0.3, 0.4) is 0 Å². The molecule has 2 aromatic rings. The summed E-state index contributed by atoms with van der Waals surface area (Å²) in [5, 5.41) is 0. The van der Waals surface area contributed by atoms with Crippen LogP contribution >= 0.6 is 7.43 Å². The van der Waals surface area contributed by atoms with Gasteiger partial charge in [-0.05, 0) is 0 Å². The van der Waals surface area contributed by atoms with Crippen LogP contribution in [0.4, 0.5) is 0 Å². The summed E-state index contributed by atoms with van der Waals surface area (Å²) in [6.45, 7) is 8.35. The molecule has 1 spiro atoms. The van der Waals surface area contributed by atoms with Crippen LogP contribution in [0.25, 0.3) is 5.76 Å². The van der Waals surface area contributed by atoms with Crippen molar-refractivity contribution in [2.75, 3.05) is 14.1 Å². The van der Waals surface area contributed by atoms with Crippen LogP contribution in [-0.2, 0) is 13.6 Å². The zero-order valence-electron chi connectivity index (χ0n) is 17.5. The maximum atomic E-state index is 6.94. The maximum absolute atomic E-state index is 6.94. The summed E-state index contributed by atoms with van der Waals surface area (Å²) in [7, 11) is 0.262. The Hall–Kier alpha value is -1.71. The third-order valence-electron chi connectivity index (χ3n) is 6.20. The Kier molecular flexibility index (Phi) is 4.30. The van der Waals surface area contributed by atoms with Gasteiger partial charge in [0.05, 0.1) is 0 Å². The molecule has 0 radical (unpaired) electrons. The molecule has 2 aliphatic rings. The molecule has 2 aliphatic heterocycles. The molecule has 1 atom stereocenters. The fraction of sp³-hybridized carbons (Fsp3) is 0.391. The Morgan fingerprint density at radius 3 is 1.79 bits per heavy atom. The van der Waals surface area contributed by atoms with Crippen LogP contribution in [0.1, 0.15) is 44.5 Å². The molecule has 0 aromatic heterocycles. The van der Waals surface area contributed by atoms with Crippen molar-refractivity contribution in [3.63, 3.8) is 0 Å². The Morgan fingerprint density at radius 2 is 1.29 bits per heavy atom. The number of benzene rings is 2. The standard InChI is InChI=1S/C23H30NO3P/c1-22(2)23(3,4)27-28(26-22,24(5)6)21(19-15-11-8-12-16-19)17-20(25-28)18-13-9-7-10-14-18/h7-17,21H,1-6H3. The fourth-order valence-corrected chi connectivity index (χ4v) is 9.15. The molecule has 1 fully saturated rings. The van der Waals surface area contributed by atoms with Gasteiger partial charge in [0.15, 0.2) is 0 Å². The van der Waals surface area contributed by atoms with E-state index in [1.807, 2.05) is 38.4 Å². The van der Waals surface area contributed by atoms with Gasteiger partial charge in [0.2, 0.25) is 0 Å². The van der Waals surface area contributed by atoms with Crippen molar-refractivity contribution in [1.29, 1.82) is 0 Å². The zero-order valence-corrected chi connectivity index (χ0v) is 18.4. The predicted molar refractivity (Wildman–Crippen MR) is 116 cm³/mol. The van der Waals surface area contributed by atoms with E-state index in [4.69, 9.17) is 13.6 Å². The molecule has 0 N–H and O–H groups in total. The number of hydrogen-bond acceptors (Lipinski definition) is 4. The van der Waals surface area contributed by atoms with Crippen molar-refractivity contribution < 1.29 is 13.6 Å². The first kappa shape index (κ1) is 19.6. The van der Waals surface area contributed by atoms with Crippen molar-refractivity contribution in [2.45, 2.75) is 44.6 Å². The first-order valence-corrected chi connectivity index (χ1v) is 11.8. The van der Waals surface area contributed by atoms with Gasteiger partial charge < -0.3 is 0 Å². The Balaban J connectivity index is 1.95. The Labute approximate surface area is 168 Å². The van der Waals surface area contributed by atoms with Crippen LogP contribution in [-0.4, -0.2) is 30.0 Å². The summed E-state index contributed by atoms with van der Waals surface area (Å²) in [5.74, 6) is 0.814. The molecule has 0 aliphatic carbocycles. The van der Waals surface area contributed by atoms with Gasteiger partial charge in [-0.2, -0.15) is 0 Å². The van der Waals surface area contributed by atoms with Crippen LogP contribution in [0.5, 0.6) is 0 Å². The van der Waals surface area contributed by atoms with E-state index < -0.39 is 18.6 Å². The number of rotatable bonds is 3. The Morgan fingerprint density at radius 1 is 0.786 bits per heavy atom. The van der Waals surface area contributed by atoms with Gasteiger partial charge >= 0.3 is 168 Å². The van der Waals surface area contributed by atoms with Crippen molar-refractivity contribution in [2.24, 2.45) is 0 Å². The quantitative estimate of drug-likeness (QED) is 0.577. The second-order valence-electron chi connectivity index (χ2n) is 8.79. The summed E-state index contributed by atoms with van der Waals surface area (Å²) in [6.07, 6.45) is 2.18.